The molecule has 1 heterocycles. The molecule has 0 aliphatic carbocycles. The normalized spacial score (nSPS) is 18.1. The molecule has 2 aromatic rings. The molecule has 1 aliphatic rings. The van der Waals surface area contributed by atoms with Crippen LogP contribution in [-0.4, -0.2) is 63.9 Å². The average molecular weight is 491 g/mol. The van der Waals surface area contributed by atoms with Crippen molar-refractivity contribution in [2.45, 2.75) is 38.5 Å². The first-order chi connectivity index (χ1) is 16.0. The third-order valence-corrected chi connectivity index (χ3v) is 7.51. The Bertz CT molecular complexity index is 1140. The van der Waals surface area contributed by atoms with Gasteiger partial charge < -0.3 is 23.7 Å². The van der Waals surface area contributed by atoms with Gasteiger partial charge in [-0.25, -0.2) is 8.42 Å². The zero-order valence-corrected chi connectivity index (χ0v) is 21.2. The first kappa shape index (κ1) is 25.8. The fourth-order valence-corrected chi connectivity index (χ4v) is 5.17. The van der Waals surface area contributed by atoms with Crippen molar-refractivity contribution >= 4 is 16.0 Å². The first-order valence-electron chi connectivity index (χ1n) is 11.1. The van der Waals surface area contributed by atoms with Gasteiger partial charge in [0.25, 0.3) is 5.91 Å². The molecule has 1 saturated heterocycles. The lowest BCUT2D eigenvalue weighted by molar-refractivity contribution is 0.0781. The predicted octanol–water partition coefficient (Wildman–Crippen LogP) is 3.44. The van der Waals surface area contributed by atoms with Crippen LogP contribution in [-0.2, 0) is 15.5 Å². The number of methoxy groups -OCH3 is 3. The molecule has 0 saturated carbocycles. The Labute approximate surface area is 201 Å². The molecule has 0 radical (unpaired) electrons. The largest absolute Gasteiger partial charge is 0.748 e. The summed E-state index contributed by atoms with van der Waals surface area (Å²) in [6.45, 7) is 4.99. The molecule has 0 bridgehead atoms. The van der Waals surface area contributed by atoms with Crippen LogP contribution in [0.3, 0.4) is 0 Å². The van der Waals surface area contributed by atoms with E-state index in [1.165, 1.54) is 21.3 Å². The van der Waals surface area contributed by atoms with E-state index in [-0.39, 0.29) is 12.3 Å². The van der Waals surface area contributed by atoms with Gasteiger partial charge in [-0.05, 0) is 61.9 Å². The lowest BCUT2D eigenvalue weighted by Gasteiger charge is -2.31. The Morgan fingerprint density at radius 1 is 1.03 bits per heavy atom. The van der Waals surface area contributed by atoms with Crippen LogP contribution in [0.4, 0.5) is 0 Å². The maximum atomic E-state index is 13.5. The van der Waals surface area contributed by atoms with E-state index in [0.717, 1.165) is 16.7 Å². The number of nitrogens with zero attached hydrogens (tertiary/aromatic N) is 1. The number of carbonyl (C=O) groups is 1. The highest BCUT2D eigenvalue weighted by Gasteiger charge is 2.41. The van der Waals surface area contributed by atoms with Gasteiger partial charge in [0.1, 0.15) is 0 Å². The highest BCUT2D eigenvalue weighted by molar-refractivity contribution is 7.85. The summed E-state index contributed by atoms with van der Waals surface area (Å²) in [7, 11) is 0.190. The molecule has 1 fully saturated rings. The molecule has 9 heteroatoms. The zero-order chi connectivity index (χ0) is 25.1. The molecule has 34 heavy (non-hydrogen) atoms. The van der Waals surface area contributed by atoms with Crippen molar-refractivity contribution in [2.75, 3.05) is 40.2 Å². The van der Waals surface area contributed by atoms with Crippen molar-refractivity contribution in [2.24, 2.45) is 0 Å². The molecule has 1 atom stereocenters. The van der Waals surface area contributed by atoms with E-state index >= 15 is 0 Å². The molecule has 186 valence electrons. The number of amides is 1. The second-order valence-electron chi connectivity index (χ2n) is 8.84. The number of aryl methyl sites for hydroxylation is 2. The minimum Gasteiger partial charge on any atom is -0.748 e. The molecule has 0 N–H and O–H groups in total. The van der Waals surface area contributed by atoms with Gasteiger partial charge in [0, 0.05) is 29.8 Å². The summed E-state index contributed by atoms with van der Waals surface area (Å²) in [5.41, 5.74) is 3.32. The Hall–Kier alpha value is -2.78. The van der Waals surface area contributed by atoms with Crippen molar-refractivity contribution in [3.05, 3.63) is 52.6 Å². The van der Waals surface area contributed by atoms with Crippen molar-refractivity contribution in [1.29, 1.82) is 0 Å². The van der Waals surface area contributed by atoms with E-state index in [2.05, 4.69) is 6.07 Å². The number of carbonyl (C=O) groups excluding carboxylic acids is 1. The summed E-state index contributed by atoms with van der Waals surface area (Å²) in [6, 6.07) is 9.45. The molecule has 8 nitrogen and oxygen atoms in total. The Morgan fingerprint density at radius 3 is 2.21 bits per heavy atom. The lowest BCUT2D eigenvalue weighted by atomic mass is 9.75. The number of ether oxygens (including phenoxy) is 3. The van der Waals surface area contributed by atoms with Gasteiger partial charge in [0.2, 0.25) is 5.75 Å². The Balaban J connectivity index is 1.93. The summed E-state index contributed by atoms with van der Waals surface area (Å²) in [4.78, 5) is 15.2. The quantitative estimate of drug-likeness (QED) is 0.496. The minimum atomic E-state index is -4.30. The van der Waals surface area contributed by atoms with Gasteiger partial charge in [-0.1, -0.05) is 18.2 Å². The molecule has 3 rings (SSSR count). The molecule has 1 unspecified atom stereocenters. The summed E-state index contributed by atoms with van der Waals surface area (Å²) < 4.78 is 49.8. The van der Waals surface area contributed by atoms with Gasteiger partial charge in [0.05, 0.1) is 31.4 Å². The fraction of sp³-hybridized carbons (Fsp3) is 0.480. The van der Waals surface area contributed by atoms with Gasteiger partial charge in [-0.15, -0.1) is 0 Å². The number of rotatable bonds is 9. The van der Waals surface area contributed by atoms with Crippen LogP contribution in [0, 0.1) is 13.8 Å². The molecular formula is C25H32NO7S-. The summed E-state index contributed by atoms with van der Waals surface area (Å²) in [5, 5.41) is 0. The standard InChI is InChI=1S/C25H33NO7S/c1-17-7-8-20(13-18(17)2)25(9-6-12-34(28,29)30)10-11-26(16-25)24(27)19-14-21(31-3)23(33-5)22(15-19)32-4/h7-8,13-15H,6,9-12,16H2,1-5H3,(H,28,29,30)/p-1. The van der Waals surface area contributed by atoms with Crippen molar-refractivity contribution < 1.29 is 32.0 Å². The second kappa shape index (κ2) is 10.2. The van der Waals surface area contributed by atoms with E-state index in [1.807, 2.05) is 26.0 Å². The van der Waals surface area contributed by atoms with Crippen molar-refractivity contribution in [1.82, 2.24) is 4.90 Å². The molecular weight excluding hydrogens is 458 g/mol. The van der Waals surface area contributed by atoms with E-state index in [4.69, 9.17) is 14.2 Å². The average Bonchev–Trinajstić information content (AvgIpc) is 3.23. The smallest absolute Gasteiger partial charge is 0.254 e. The van der Waals surface area contributed by atoms with E-state index in [9.17, 15) is 17.8 Å². The molecule has 0 spiro atoms. The van der Waals surface area contributed by atoms with Crippen LogP contribution in [0.15, 0.2) is 30.3 Å². The minimum absolute atomic E-state index is 0.179. The van der Waals surface area contributed by atoms with Crippen LogP contribution in [0.1, 0.15) is 46.3 Å². The van der Waals surface area contributed by atoms with Crippen molar-refractivity contribution in [3.63, 3.8) is 0 Å². The molecule has 2 aromatic carbocycles. The third-order valence-electron chi connectivity index (χ3n) is 6.72. The van der Waals surface area contributed by atoms with Gasteiger partial charge in [-0.3, -0.25) is 4.79 Å². The number of hydrogen-bond acceptors (Lipinski definition) is 7. The van der Waals surface area contributed by atoms with Crippen LogP contribution < -0.4 is 14.2 Å². The van der Waals surface area contributed by atoms with Crippen molar-refractivity contribution in [3.8, 4) is 17.2 Å². The summed E-state index contributed by atoms with van der Waals surface area (Å²) >= 11 is 0. The third kappa shape index (κ3) is 5.47. The van der Waals surface area contributed by atoms with E-state index in [0.29, 0.717) is 48.7 Å². The first-order valence-corrected chi connectivity index (χ1v) is 12.7. The maximum Gasteiger partial charge on any atom is 0.254 e. The van der Waals surface area contributed by atoms with Crippen LogP contribution >= 0.6 is 0 Å². The van der Waals surface area contributed by atoms with Gasteiger partial charge in [-0.2, -0.15) is 0 Å². The van der Waals surface area contributed by atoms with Crippen LogP contribution in [0.5, 0.6) is 17.2 Å². The molecule has 1 aliphatic heterocycles. The van der Waals surface area contributed by atoms with E-state index in [1.54, 1.807) is 17.0 Å². The highest BCUT2D eigenvalue weighted by Crippen LogP contribution is 2.42. The topological polar surface area (TPSA) is 105 Å². The van der Waals surface area contributed by atoms with E-state index < -0.39 is 21.3 Å². The summed E-state index contributed by atoms with van der Waals surface area (Å²) in [6.07, 6.45) is 1.41. The molecule has 0 aromatic heterocycles. The Morgan fingerprint density at radius 2 is 1.68 bits per heavy atom. The zero-order valence-electron chi connectivity index (χ0n) is 20.3. The SMILES string of the molecule is COc1cc(C(=O)N2CCC(CCCS(=O)(=O)[O-])(c3ccc(C)c(C)c3)C2)cc(OC)c1OC. The number of likely N-dealkylation sites (tertiary alicyclic amines) is 1. The predicted molar refractivity (Wildman–Crippen MR) is 128 cm³/mol. The monoisotopic (exact) mass is 490 g/mol. The second-order valence-corrected chi connectivity index (χ2v) is 10.4. The fourth-order valence-electron chi connectivity index (χ4n) is 4.68. The van der Waals surface area contributed by atoms with Crippen LogP contribution in [0.25, 0.3) is 0 Å². The number of hydrogen-bond donors (Lipinski definition) is 0. The van der Waals surface area contributed by atoms with Gasteiger partial charge >= 0.3 is 0 Å². The summed E-state index contributed by atoms with van der Waals surface area (Å²) in [5.74, 6) is 0.601. The maximum absolute atomic E-state index is 13.5. The Kier molecular flexibility index (Phi) is 7.77. The lowest BCUT2D eigenvalue weighted by Crippen LogP contribution is -2.35. The van der Waals surface area contributed by atoms with Crippen LogP contribution in [0.2, 0.25) is 0 Å². The highest BCUT2D eigenvalue weighted by atomic mass is 32.2. The van der Waals surface area contributed by atoms with Gasteiger partial charge in [0.15, 0.2) is 11.5 Å². The number of benzene rings is 2. The molecule has 1 amide bonds.